The van der Waals surface area contributed by atoms with Crippen LogP contribution in [0.25, 0.3) is 0 Å². The average Bonchev–Trinajstić information content (AvgIpc) is 2.40. The Bertz CT molecular complexity index is 392. The molecule has 1 saturated heterocycles. The minimum absolute atomic E-state index is 0.0225. The van der Waals surface area contributed by atoms with Gasteiger partial charge >= 0.3 is 0 Å². The molecule has 2 rings (SSSR count). The number of hydrogen-bond donors (Lipinski definition) is 2. The van der Waals surface area contributed by atoms with Gasteiger partial charge in [-0.3, -0.25) is 0 Å². The summed E-state index contributed by atoms with van der Waals surface area (Å²) in [6.45, 7) is 2.62. The van der Waals surface area contributed by atoms with Crippen molar-refractivity contribution in [3.05, 3.63) is 33.8 Å². The van der Waals surface area contributed by atoms with E-state index >= 15 is 0 Å². The SMILES string of the molecule is NCC(NN1CCCCC1)c1cc(Cl)ccc1Cl. The Labute approximate surface area is 118 Å². The van der Waals surface area contributed by atoms with Gasteiger partial charge in [-0.15, -0.1) is 0 Å². The van der Waals surface area contributed by atoms with Gasteiger partial charge in [0.15, 0.2) is 0 Å². The topological polar surface area (TPSA) is 41.3 Å². The number of piperidine rings is 1. The Kier molecular flexibility index (Phi) is 5.27. The van der Waals surface area contributed by atoms with E-state index in [1.165, 1.54) is 19.3 Å². The van der Waals surface area contributed by atoms with E-state index in [9.17, 15) is 0 Å². The minimum Gasteiger partial charge on any atom is -0.329 e. The van der Waals surface area contributed by atoms with Crippen molar-refractivity contribution in [2.24, 2.45) is 5.73 Å². The molecule has 18 heavy (non-hydrogen) atoms. The standard InChI is InChI=1S/C13H19Cl2N3/c14-10-4-5-12(15)11(8-10)13(9-16)17-18-6-2-1-3-7-18/h4-5,8,13,17H,1-3,6-7,9,16H2. The molecule has 1 aromatic rings. The highest BCUT2D eigenvalue weighted by atomic mass is 35.5. The summed E-state index contributed by atoms with van der Waals surface area (Å²) in [4.78, 5) is 0. The lowest BCUT2D eigenvalue weighted by Gasteiger charge is -2.31. The number of benzene rings is 1. The van der Waals surface area contributed by atoms with Crippen LogP contribution in [-0.4, -0.2) is 24.6 Å². The van der Waals surface area contributed by atoms with Gasteiger partial charge in [-0.1, -0.05) is 29.6 Å². The van der Waals surface area contributed by atoms with Gasteiger partial charge in [-0.25, -0.2) is 10.4 Å². The largest absolute Gasteiger partial charge is 0.329 e. The lowest BCUT2D eigenvalue weighted by atomic mass is 10.1. The number of hydrogen-bond acceptors (Lipinski definition) is 3. The van der Waals surface area contributed by atoms with E-state index in [0.29, 0.717) is 16.6 Å². The molecule has 1 unspecified atom stereocenters. The van der Waals surface area contributed by atoms with Crippen molar-refractivity contribution in [1.29, 1.82) is 0 Å². The molecule has 0 spiro atoms. The molecule has 1 aliphatic heterocycles. The summed E-state index contributed by atoms with van der Waals surface area (Å²) >= 11 is 12.2. The monoisotopic (exact) mass is 287 g/mol. The van der Waals surface area contributed by atoms with Crippen LogP contribution in [0.2, 0.25) is 10.0 Å². The molecule has 1 heterocycles. The molecular formula is C13H19Cl2N3. The van der Waals surface area contributed by atoms with E-state index in [1.54, 1.807) is 6.07 Å². The van der Waals surface area contributed by atoms with Gasteiger partial charge < -0.3 is 5.73 Å². The van der Waals surface area contributed by atoms with Crippen molar-refractivity contribution in [3.8, 4) is 0 Å². The summed E-state index contributed by atoms with van der Waals surface area (Å²) in [6.07, 6.45) is 3.77. The first-order valence-electron chi connectivity index (χ1n) is 6.37. The van der Waals surface area contributed by atoms with Crippen molar-refractivity contribution < 1.29 is 0 Å². The van der Waals surface area contributed by atoms with Crippen LogP contribution in [0.4, 0.5) is 0 Å². The van der Waals surface area contributed by atoms with Crippen LogP contribution in [0.3, 0.4) is 0 Å². The third-order valence-corrected chi connectivity index (χ3v) is 3.84. The smallest absolute Gasteiger partial charge is 0.0602 e. The Hall–Kier alpha value is -0.320. The van der Waals surface area contributed by atoms with Crippen LogP contribution in [0.5, 0.6) is 0 Å². The van der Waals surface area contributed by atoms with Gasteiger partial charge in [0.1, 0.15) is 0 Å². The maximum absolute atomic E-state index is 6.21. The summed E-state index contributed by atoms with van der Waals surface area (Å²) in [5.41, 5.74) is 10.3. The fourth-order valence-corrected chi connectivity index (χ4v) is 2.70. The second-order valence-electron chi connectivity index (χ2n) is 4.63. The van der Waals surface area contributed by atoms with E-state index in [4.69, 9.17) is 28.9 Å². The Balaban J connectivity index is 2.09. The van der Waals surface area contributed by atoms with Crippen LogP contribution < -0.4 is 11.2 Å². The van der Waals surface area contributed by atoms with E-state index < -0.39 is 0 Å². The number of nitrogens with two attached hydrogens (primary N) is 1. The van der Waals surface area contributed by atoms with Crippen LogP contribution >= 0.6 is 23.2 Å². The van der Waals surface area contributed by atoms with Gasteiger partial charge in [-0.2, -0.15) is 0 Å². The average molecular weight is 288 g/mol. The zero-order valence-corrected chi connectivity index (χ0v) is 11.8. The Morgan fingerprint density at radius 3 is 2.61 bits per heavy atom. The fourth-order valence-electron chi connectivity index (χ4n) is 2.27. The van der Waals surface area contributed by atoms with Crippen LogP contribution in [0.15, 0.2) is 18.2 Å². The lowest BCUT2D eigenvalue weighted by molar-refractivity contribution is 0.130. The highest BCUT2D eigenvalue weighted by Gasteiger charge is 2.18. The second-order valence-corrected chi connectivity index (χ2v) is 5.47. The molecule has 0 aliphatic carbocycles. The summed E-state index contributed by atoms with van der Waals surface area (Å²) < 4.78 is 0. The zero-order chi connectivity index (χ0) is 13.0. The molecule has 0 saturated carbocycles. The van der Waals surface area contributed by atoms with Crippen LogP contribution in [0.1, 0.15) is 30.9 Å². The maximum atomic E-state index is 6.21. The summed E-state index contributed by atoms with van der Waals surface area (Å²) in [5, 5.41) is 3.63. The van der Waals surface area contributed by atoms with E-state index in [-0.39, 0.29) is 6.04 Å². The number of rotatable bonds is 4. The quantitative estimate of drug-likeness (QED) is 0.895. The summed E-state index contributed by atoms with van der Waals surface area (Å²) in [6, 6.07) is 5.52. The molecule has 0 amide bonds. The van der Waals surface area contributed by atoms with Gasteiger partial charge in [0.05, 0.1) is 6.04 Å². The van der Waals surface area contributed by atoms with Gasteiger partial charge in [0.2, 0.25) is 0 Å². The molecule has 1 atom stereocenters. The highest BCUT2D eigenvalue weighted by molar-refractivity contribution is 6.33. The number of halogens is 2. The lowest BCUT2D eigenvalue weighted by Crippen LogP contribution is -2.45. The summed E-state index contributed by atoms with van der Waals surface area (Å²) in [7, 11) is 0. The van der Waals surface area contributed by atoms with Crippen molar-refractivity contribution in [2.75, 3.05) is 19.6 Å². The first-order valence-corrected chi connectivity index (χ1v) is 7.12. The zero-order valence-electron chi connectivity index (χ0n) is 10.3. The predicted octanol–water partition coefficient (Wildman–Crippen LogP) is 2.98. The molecule has 1 aromatic carbocycles. The van der Waals surface area contributed by atoms with Gasteiger partial charge in [0.25, 0.3) is 0 Å². The molecule has 1 aliphatic rings. The molecule has 100 valence electrons. The molecule has 0 bridgehead atoms. The molecule has 0 radical (unpaired) electrons. The second kappa shape index (κ2) is 6.73. The number of nitrogens with zero attached hydrogens (tertiary/aromatic N) is 1. The number of nitrogens with one attached hydrogen (secondary N) is 1. The van der Waals surface area contributed by atoms with Crippen molar-refractivity contribution in [2.45, 2.75) is 25.3 Å². The fraction of sp³-hybridized carbons (Fsp3) is 0.538. The molecule has 1 fully saturated rings. The normalized spacial score (nSPS) is 18.8. The Morgan fingerprint density at radius 1 is 1.22 bits per heavy atom. The van der Waals surface area contributed by atoms with E-state index in [0.717, 1.165) is 18.7 Å². The predicted molar refractivity (Wildman–Crippen MR) is 76.8 cm³/mol. The molecule has 3 nitrogen and oxygen atoms in total. The van der Waals surface area contributed by atoms with Crippen molar-refractivity contribution >= 4 is 23.2 Å². The maximum Gasteiger partial charge on any atom is 0.0602 e. The third kappa shape index (κ3) is 3.59. The van der Waals surface area contributed by atoms with Crippen LogP contribution in [0, 0.1) is 0 Å². The molecule has 3 N–H and O–H groups in total. The van der Waals surface area contributed by atoms with Crippen molar-refractivity contribution in [3.63, 3.8) is 0 Å². The molecule has 0 aromatic heterocycles. The van der Waals surface area contributed by atoms with Crippen molar-refractivity contribution in [1.82, 2.24) is 10.4 Å². The third-order valence-electron chi connectivity index (χ3n) is 3.26. The van der Waals surface area contributed by atoms with E-state index in [2.05, 4.69) is 10.4 Å². The highest BCUT2D eigenvalue weighted by Crippen LogP contribution is 2.26. The molecular weight excluding hydrogens is 269 g/mol. The Morgan fingerprint density at radius 2 is 1.94 bits per heavy atom. The molecule has 5 heteroatoms. The first-order chi connectivity index (χ1) is 8.70. The minimum atomic E-state index is 0.0225. The number of hydrazine groups is 1. The first kappa shape index (κ1) is 14.1. The van der Waals surface area contributed by atoms with E-state index in [1.807, 2.05) is 12.1 Å². The van der Waals surface area contributed by atoms with Gasteiger partial charge in [0, 0.05) is 29.7 Å². The summed E-state index contributed by atoms with van der Waals surface area (Å²) in [5.74, 6) is 0. The van der Waals surface area contributed by atoms with Gasteiger partial charge in [-0.05, 0) is 36.6 Å². The van der Waals surface area contributed by atoms with Crippen LogP contribution in [-0.2, 0) is 0 Å².